The molecule has 0 spiro atoms. The summed E-state index contributed by atoms with van der Waals surface area (Å²) in [4.78, 5) is 24.7. The number of carbonyl (C=O) groups is 2. The standard InChI is InChI=1S/C22H28NO7PS/c1-3-29-31(27,30-4-2)16-17-10-12-18(13-11-17)21(24)23-20(22(25)26)14-15-32(28)19-8-6-5-7-9-19/h5-13,20H,3-4,14-16H2,1-2H3,(H,23,24)(H,25,26)/t20-,32-/m1/s1. The van der Waals surface area contributed by atoms with E-state index in [4.69, 9.17) is 9.05 Å². The number of rotatable bonds is 13. The fourth-order valence-electron chi connectivity index (χ4n) is 2.92. The lowest BCUT2D eigenvalue weighted by atomic mass is 10.1. The Morgan fingerprint density at radius 3 is 2.16 bits per heavy atom. The Morgan fingerprint density at radius 1 is 1.03 bits per heavy atom. The zero-order valence-electron chi connectivity index (χ0n) is 18.1. The topological polar surface area (TPSA) is 119 Å². The quantitative estimate of drug-likeness (QED) is 0.417. The van der Waals surface area contributed by atoms with Crippen molar-refractivity contribution in [3.05, 3.63) is 65.7 Å². The highest BCUT2D eigenvalue weighted by Crippen LogP contribution is 2.51. The monoisotopic (exact) mass is 481 g/mol. The normalized spacial score (nSPS) is 13.3. The molecule has 2 aromatic carbocycles. The van der Waals surface area contributed by atoms with Crippen molar-refractivity contribution in [3.8, 4) is 0 Å². The first kappa shape index (κ1) is 25.9. The minimum atomic E-state index is -3.27. The fraction of sp³-hybridized carbons (Fsp3) is 0.364. The van der Waals surface area contributed by atoms with Gasteiger partial charge in [0.15, 0.2) is 0 Å². The van der Waals surface area contributed by atoms with Gasteiger partial charge in [-0.25, -0.2) is 4.79 Å². The Labute approximate surface area is 190 Å². The predicted octanol–water partition coefficient (Wildman–Crippen LogP) is 3.83. The van der Waals surface area contributed by atoms with Crippen LogP contribution in [0.2, 0.25) is 0 Å². The zero-order chi connectivity index (χ0) is 23.6. The van der Waals surface area contributed by atoms with E-state index in [9.17, 15) is 23.5 Å². The highest BCUT2D eigenvalue weighted by Gasteiger charge is 2.25. The molecule has 1 amide bonds. The third kappa shape index (κ3) is 7.98. The zero-order valence-corrected chi connectivity index (χ0v) is 19.8. The van der Waals surface area contributed by atoms with E-state index >= 15 is 0 Å². The SMILES string of the molecule is CCOP(=O)(Cc1ccc(C(=O)N[C@H](CC[S@@](=O)c2ccccc2)C(=O)O)cc1)OCC. The Morgan fingerprint density at radius 2 is 1.62 bits per heavy atom. The van der Waals surface area contributed by atoms with Crippen LogP contribution in [0.3, 0.4) is 0 Å². The first-order valence-corrected chi connectivity index (χ1v) is 13.3. The van der Waals surface area contributed by atoms with Gasteiger partial charge in [-0.05, 0) is 50.1 Å². The first-order chi connectivity index (χ1) is 15.3. The Hall–Kier alpha value is -2.32. The van der Waals surface area contributed by atoms with Crippen LogP contribution in [0.1, 0.15) is 36.2 Å². The van der Waals surface area contributed by atoms with Crippen molar-refractivity contribution in [2.24, 2.45) is 0 Å². The summed E-state index contributed by atoms with van der Waals surface area (Å²) >= 11 is 0. The van der Waals surface area contributed by atoms with Crippen LogP contribution in [0.25, 0.3) is 0 Å². The molecule has 2 N–H and O–H groups in total. The third-order valence-electron chi connectivity index (χ3n) is 4.45. The predicted molar refractivity (Wildman–Crippen MR) is 122 cm³/mol. The van der Waals surface area contributed by atoms with E-state index in [2.05, 4.69) is 5.32 Å². The minimum absolute atomic E-state index is 0.0204. The van der Waals surface area contributed by atoms with E-state index in [1.165, 1.54) is 12.1 Å². The second-order valence-corrected chi connectivity index (χ2v) is 10.4. The molecular weight excluding hydrogens is 453 g/mol. The highest BCUT2D eigenvalue weighted by molar-refractivity contribution is 7.85. The van der Waals surface area contributed by atoms with Gasteiger partial charge in [0.2, 0.25) is 0 Å². The van der Waals surface area contributed by atoms with E-state index in [1.807, 2.05) is 0 Å². The maximum Gasteiger partial charge on any atom is 0.335 e. The molecule has 0 aliphatic heterocycles. The van der Waals surface area contributed by atoms with Crippen LogP contribution in [0.5, 0.6) is 0 Å². The highest BCUT2D eigenvalue weighted by atomic mass is 32.2. The fourth-order valence-corrected chi connectivity index (χ4v) is 5.77. The number of benzene rings is 2. The summed E-state index contributed by atoms with van der Waals surface area (Å²) in [5, 5.41) is 11.9. The van der Waals surface area contributed by atoms with Gasteiger partial charge in [0.05, 0.1) is 30.2 Å². The van der Waals surface area contributed by atoms with Crippen LogP contribution in [0, 0.1) is 0 Å². The van der Waals surface area contributed by atoms with Gasteiger partial charge in [-0.2, -0.15) is 0 Å². The molecule has 2 aromatic rings. The number of aliphatic carboxylic acids is 1. The van der Waals surface area contributed by atoms with Crippen LogP contribution in [-0.2, 0) is 35.4 Å². The van der Waals surface area contributed by atoms with E-state index in [-0.39, 0.29) is 37.1 Å². The van der Waals surface area contributed by atoms with Gasteiger partial charge < -0.3 is 19.5 Å². The molecule has 0 saturated heterocycles. The number of hydrogen-bond acceptors (Lipinski definition) is 6. The first-order valence-electron chi connectivity index (χ1n) is 10.2. The van der Waals surface area contributed by atoms with Crippen molar-refractivity contribution in [3.63, 3.8) is 0 Å². The number of nitrogens with one attached hydrogen (secondary N) is 1. The average Bonchev–Trinajstić information content (AvgIpc) is 2.77. The van der Waals surface area contributed by atoms with Crippen molar-refractivity contribution in [2.45, 2.75) is 37.4 Å². The van der Waals surface area contributed by atoms with Crippen LogP contribution < -0.4 is 5.32 Å². The summed E-state index contributed by atoms with van der Waals surface area (Å²) in [5.74, 6) is -1.66. The molecule has 0 unspecified atom stereocenters. The van der Waals surface area contributed by atoms with Crippen LogP contribution >= 0.6 is 7.60 Å². The van der Waals surface area contributed by atoms with Crippen molar-refractivity contribution in [2.75, 3.05) is 19.0 Å². The number of hydrogen-bond donors (Lipinski definition) is 2. The molecule has 0 aliphatic rings. The molecule has 0 fully saturated rings. The second kappa shape index (κ2) is 12.6. The molecule has 8 nitrogen and oxygen atoms in total. The van der Waals surface area contributed by atoms with Gasteiger partial charge in [-0.15, -0.1) is 0 Å². The van der Waals surface area contributed by atoms with Crippen LogP contribution in [0.4, 0.5) is 0 Å². The lowest BCUT2D eigenvalue weighted by molar-refractivity contribution is -0.139. The molecular formula is C22H28NO7PS. The lowest BCUT2D eigenvalue weighted by Gasteiger charge is -2.17. The van der Waals surface area contributed by atoms with Crippen molar-refractivity contribution < 1.29 is 32.5 Å². The van der Waals surface area contributed by atoms with Crippen molar-refractivity contribution in [1.29, 1.82) is 0 Å². The molecule has 0 bridgehead atoms. The molecule has 2 atom stereocenters. The molecule has 0 aromatic heterocycles. The average molecular weight is 482 g/mol. The van der Waals surface area contributed by atoms with Gasteiger partial charge in [-0.3, -0.25) is 13.6 Å². The minimum Gasteiger partial charge on any atom is -0.480 e. The van der Waals surface area contributed by atoms with E-state index in [0.717, 1.165) is 0 Å². The van der Waals surface area contributed by atoms with Crippen LogP contribution in [0.15, 0.2) is 59.5 Å². The van der Waals surface area contributed by atoms with E-state index in [1.54, 1.807) is 56.3 Å². The van der Waals surface area contributed by atoms with Gasteiger partial charge >= 0.3 is 13.6 Å². The van der Waals surface area contributed by atoms with Gasteiger partial charge in [0.1, 0.15) is 6.04 Å². The number of carbonyl (C=O) groups excluding carboxylic acids is 1. The molecule has 10 heteroatoms. The summed E-state index contributed by atoms with van der Waals surface area (Å²) in [6, 6.07) is 13.9. The molecule has 174 valence electrons. The molecule has 0 aliphatic carbocycles. The maximum absolute atomic E-state index is 12.6. The van der Waals surface area contributed by atoms with Gasteiger partial charge in [0, 0.05) is 16.2 Å². The molecule has 0 heterocycles. The van der Waals surface area contributed by atoms with Crippen LogP contribution in [-0.4, -0.2) is 46.2 Å². The largest absolute Gasteiger partial charge is 0.480 e. The summed E-state index contributed by atoms with van der Waals surface area (Å²) in [5.41, 5.74) is 0.923. The van der Waals surface area contributed by atoms with Gasteiger partial charge in [-0.1, -0.05) is 30.3 Å². The summed E-state index contributed by atoms with van der Waals surface area (Å²) in [6.07, 6.45) is 0.0895. The Balaban J connectivity index is 1.99. The maximum atomic E-state index is 12.6. The van der Waals surface area contributed by atoms with Crippen molar-refractivity contribution in [1.82, 2.24) is 5.32 Å². The lowest BCUT2D eigenvalue weighted by Crippen LogP contribution is -2.41. The molecule has 2 rings (SSSR count). The number of carboxylic acid groups (broad SMARTS) is 1. The summed E-state index contributed by atoms with van der Waals surface area (Å²) < 4.78 is 35.5. The second-order valence-electron chi connectivity index (χ2n) is 6.82. The van der Waals surface area contributed by atoms with E-state index < -0.39 is 36.3 Å². The van der Waals surface area contributed by atoms with E-state index in [0.29, 0.717) is 10.5 Å². The summed E-state index contributed by atoms with van der Waals surface area (Å²) in [7, 11) is -4.63. The summed E-state index contributed by atoms with van der Waals surface area (Å²) in [6.45, 7) is 3.97. The Kier molecular flexibility index (Phi) is 10.3. The number of carboxylic acids is 1. The smallest absolute Gasteiger partial charge is 0.335 e. The third-order valence-corrected chi connectivity index (χ3v) is 7.91. The Bertz CT molecular complexity index is 956. The van der Waals surface area contributed by atoms with Gasteiger partial charge in [0.25, 0.3) is 5.91 Å². The number of amides is 1. The molecule has 32 heavy (non-hydrogen) atoms. The molecule has 0 radical (unpaired) electrons. The molecule has 0 saturated carbocycles. The van der Waals surface area contributed by atoms with Crippen molar-refractivity contribution >= 4 is 30.3 Å².